The van der Waals surface area contributed by atoms with Gasteiger partial charge in [-0.15, -0.1) is 0 Å². The van der Waals surface area contributed by atoms with Gasteiger partial charge >= 0.3 is 0 Å². The van der Waals surface area contributed by atoms with Gasteiger partial charge in [-0.1, -0.05) is 32.0 Å². The maximum Gasteiger partial charge on any atom is 0.225 e. The Bertz CT molecular complexity index is 698. The highest BCUT2D eigenvalue weighted by Gasteiger charge is 2.30. The Kier molecular flexibility index (Phi) is 6.04. The average Bonchev–Trinajstić information content (AvgIpc) is 2.87. The molecule has 1 saturated heterocycles. The van der Waals surface area contributed by atoms with Crippen molar-refractivity contribution in [3.63, 3.8) is 0 Å². The van der Waals surface area contributed by atoms with E-state index in [-0.39, 0.29) is 23.5 Å². The molecule has 24 heavy (non-hydrogen) atoms. The van der Waals surface area contributed by atoms with Crippen molar-refractivity contribution in [2.24, 2.45) is 0 Å². The zero-order chi connectivity index (χ0) is 17.9. The molecule has 0 aliphatic carbocycles. The molecular weight excluding hydrogens is 324 g/mol. The molecule has 134 valence electrons. The minimum atomic E-state index is -2.89. The molecule has 0 radical (unpaired) electrons. The second kappa shape index (κ2) is 7.66. The van der Waals surface area contributed by atoms with Crippen molar-refractivity contribution in [2.45, 2.75) is 45.6 Å². The molecule has 1 amide bonds. The third-order valence-electron chi connectivity index (χ3n) is 4.71. The third-order valence-corrected chi connectivity index (χ3v) is 6.47. The predicted molar refractivity (Wildman–Crippen MR) is 98.2 cm³/mol. The van der Waals surface area contributed by atoms with Gasteiger partial charge in [-0.3, -0.25) is 4.79 Å². The lowest BCUT2D eigenvalue weighted by Gasteiger charge is -2.23. The van der Waals surface area contributed by atoms with Crippen LogP contribution < -0.4 is 5.32 Å². The van der Waals surface area contributed by atoms with Crippen LogP contribution in [0.4, 0.5) is 5.69 Å². The Balaban J connectivity index is 1.93. The number of amides is 1. The van der Waals surface area contributed by atoms with E-state index in [1.54, 1.807) is 0 Å². The first-order chi connectivity index (χ1) is 11.2. The van der Waals surface area contributed by atoms with E-state index >= 15 is 0 Å². The Labute approximate surface area is 145 Å². The number of aryl methyl sites for hydroxylation is 1. The van der Waals surface area contributed by atoms with Crippen LogP contribution in [0.15, 0.2) is 18.2 Å². The van der Waals surface area contributed by atoms with Crippen molar-refractivity contribution in [1.82, 2.24) is 4.90 Å². The molecule has 1 aliphatic heterocycles. The van der Waals surface area contributed by atoms with Crippen molar-refractivity contribution >= 4 is 21.4 Å². The zero-order valence-electron chi connectivity index (χ0n) is 15.0. The van der Waals surface area contributed by atoms with Crippen LogP contribution in [-0.2, 0) is 14.6 Å². The first-order valence-corrected chi connectivity index (χ1v) is 10.3. The summed E-state index contributed by atoms with van der Waals surface area (Å²) in [6, 6.07) is 6.08. The third kappa shape index (κ3) is 4.80. The van der Waals surface area contributed by atoms with Crippen molar-refractivity contribution in [3.8, 4) is 0 Å². The van der Waals surface area contributed by atoms with Crippen LogP contribution in [0.3, 0.4) is 0 Å². The lowest BCUT2D eigenvalue weighted by Crippen LogP contribution is -2.35. The second-order valence-corrected chi connectivity index (χ2v) is 9.26. The number of sulfone groups is 1. The number of anilines is 1. The van der Waals surface area contributed by atoms with Crippen molar-refractivity contribution in [2.75, 3.05) is 30.4 Å². The topological polar surface area (TPSA) is 66.5 Å². The summed E-state index contributed by atoms with van der Waals surface area (Å²) in [6.45, 7) is 6.78. The molecule has 1 aromatic carbocycles. The van der Waals surface area contributed by atoms with E-state index in [0.717, 1.165) is 16.8 Å². The van der Waals surface area contributed by atoms with Crippen molar-refractivity contribution in [1.29, 1.82) is 0 Å². The summed E-state index contributed by atoms with van der Waals surface area (Å²) in [5, 5.41) is 3.04. The summed E-state index contributed by atoms with van der Waals surface area (Å²) >= 11 is 0. The second-order valence-electron chi connectivity index (χ2n) is 7.03. The van der Waals surface area contributed by atoms with Crippen LogP contribution >= 0.6 is 0 Å². The van der Waals surface area contributed by atoms with Gasteiger partial charge in [-0.05, 0) is 37.4 Å². The summed E-state index contributed by atoms with van der Waals surface area (Å²) in [5.41, 5.74) is 3.10. The molecule has 1 fully saturated rings. The van der Waals surface area contributed by atoms with Gasteiger partial charge in [-0.25, -0.2) is 8.42 Å². The van der Waals surface area contributed by atoms with Gasteiger partial charge in [0.05, 0.1) is 11.5 Å². The number of hydrogen-bond donors (Lipinski definition) is 1. The number of nitrogens with zero attached hydrogens (tertiary/aromatic N) is 1. The molecule has 1 N–H and O–H groups in total. The van der Waals surface area contributed by atoms with E-state index in [1.807, 2.05) is 37.1 Å². The molecule has 1 aromatic rings. The number of carbonyl (C=O) groups is 1. The van der Waals surface area contributed by atoms with Crippen LogP contribution in [0, 0.1) is 6.92 Å². The Morgan fingerprint density at radius 3 is 2.67 bits per heavy atom. The average molecular weight is 353 g/mol. The van der Waals surface area contributed by atoms with E-state index in [1.165, 1.54) is 0 Å². The van der Waals surface area contributed by atoms with Gasteiger partial charge < -0.3 is 10.2 Å². The van der Waals surface area contributed by atoms with E-state index in [0.29, 0.717) is 25.3 Å². The molecule has 1 unspecified atom stereocenters. The van der Waals surface area contributed by atoms with Crippen LogP contribution in [-0.4, -0.2) is 50.4 Å². The summed E-state index contributed by atoms with van der Waals surface area (Å²) in [6.07, 6.45) is 1.02. The fourth-order valence-electron chi connectivity index (χ4n) is 3.13. The van der Waals surface area contributed by atoms with Gasteiger partial charge in [0.1, 0.15) is 0 Å². The van der Waals surface area contributed by atoms with Gasteiger partial charge in [0, 0.05) is 24.7 Å². The van der Waals surface area contributed by atoms with E-state index in [2.05, 4.69) is 19.2 Å². The molecule has 0 bridgehead atoms. The first-order valence-electron chi connectivity index (χ1n) is 8.49. The monoisotopic (exact) mass is 352 g/mol. The standard InChI is InChI=1S/C18H28N2O3S/c1-13(2)16-7-5-6-14(3)18(16)19-17(21)8-10-20(4)15-9-11-24(22,23)12-15/h5-7,13,15H,8-12H2,1-4H3,(H,19,21). The Morgan fingerprint density at radius 2 is 2.08 bits per heavy atom. The molecule has 1 heterocycles. The van der Waals surface area contributed by atoms with E-state index < -0.39 is 9.84 Å². The molecule has 0 saturated carbocycles. The highest BCUT2D eigenvalue weighted by molar-refractivity contribution is 7.91. The normalized spacial score (nSPS) is 19.8. The lowest BCUT2D eigenvalue weighted by atomic mass is 9.98. The molecule has 2 rings (SSSR count). The quantitative estimate of drug-likeness (QED) is 0.854. The molecule has 1 aliphatic rings. The zero-order valence-corrected chi connectivity index (χ0v) is 15.8. The predicted octanol–water partition coefficient (Wildman–Crippen LogP) is 2.57. The SMILES string of the molecule is Cc1cccc(C(C)C)c1NC(=O)CCN(C)C1CCS(=O)(=O)C1. The maximum atomic E-state index is 12.3. The number of carbonyl (C=O) groups excluding carboxylic acids is 1. The van der Waals surface area contributed by atoms with Crippen LogP contribution in [0.1, 0.15) is 43.7 Å². The fraction of sp³-hybridized carbons (Fsp3) is 0.611. The molecule has 6 heteroatoms. The molecule has 1 atom stereocenters. The fourth-order valence-corrected chi connectivity index (χ4v) is 4.93. The maximum absolute atomic E-state index is 12.3. The molecular formula is C18H28N2O3S. The van der Waals surface area contributed by atoms with Gasteiger partial charge in [-0.2, -0.15) is 0 Å². The number of para-hydroxylation sites is 1. The molecule has 0 spiro atoms. The lowest BCUT2D eigenvalue weighted by molar-refractivity contribution is -0.116. The van der Waals surface area contributed by atoms with Gasteiger partial charge in [0.2, 0.25) is 5.91 Å². The number of rotatable bonds is 6. The molecule has 0 aromatic heterocycles. The van der Waals surface area contributed by atoms with E-state index in [4.69, 9.17) is 0 Å². The summed E-state index contributed by atoms with van der Waals surface area (Å²) < 4.78 is 23.1. The smallest absolute Gasteiger partial charge is 0.225 e. The van der Waals surface area contributed by atoms with Crippen LogP contribution in [0.5, 0.6) is 0 Å². The minimum Gasteiger partial charge on any atom is -0.326 e. The van der Waals surface area contributed by atoms with E-state index in [9.17, 15) is 13.2 Å². The summed E-state index contributed by atoms with van der Waals surface area (Å²) in [5.74, 6) is 0.778. The van der Waals surface area contributed by atoms with Gasteiger partial charge in [0.25, 0.3) is 0 Å². The van der Waals surface area contributed by atoms with Crippen molar-refractivity contribution in [3.05, 3.63) is 29.3 Å². The summed E-state index contributed by atoms with van der Waals surface area (Å²) in [4.78, 5) is 14.3. The van der Waals surface area contributed by atoms with Crippen LogP contribution in [0.25, 0.3) is 0 Å². The molecule has 5 nitrogen and oxygen atoms in total. The number of hydrogen-bond acceptors (Lipinski definition) is 4. The summed E-state index contributed by atoms with van der Waals surface area (Å²) in [7, 11) is -0.996. The number of nitrogens with one attached hydrogen (secondary N) is 1. The van der Waals surface area contributed by atoms with Crippen molar-refractivity contribution < 1.29 is 13.2 Å². The highest BCUT2D eigenvalue weighted by atomic mass is 32.2. The Morgan fingerprint density at radius 1 is 1.38 bits per heavy atom. The largest absolute Gasteiger partial charge is 0.326 e. The highest BCUT2D eigenvalue weighted by Crippen LogP contribution is 2.27. The van der Waals surface area contributed by atoms with Crippen LogP contribution in [0.2, 0.25) is 0 Å². The minimum absolute atomic E-state index is 0.0288. The first kappa shape index (κ1) is 18.9. The Hall–Kier alpha value is -1.40. The van der Waals surface area contributed by atoms with Gasteiger partial charge in [0.15, 0.2) is 9.84 Å². The number of benzene rings is 1.